The average molecular weight is 275 g/mol. The van der Waals surface area contributed by atoms with E-state index in [0.717, 1.165) is 37.2 Å². The van der Waals surface area contributed by atoms with E-state index in [1.807, 2.05) is 6.07 Å². The van der Waals surface area contributed by atoms with Gasteiger partial charge in [-0.25, -0.2) is 0 Å². The first-order chi connectivity index (χ1) is 9.44. The highest BCUT2D eigenvalue weighted by Gasteiger charge is 2.33. The molecule has 0 fully saturated rings. The van der Waals surface area contributed by atoms with Crippen molar-refractivity contribution < 1.29 is 9.63 Å². The second-order valence-electron chi connectivity index (χ2n) is 6.45. The van der Waals surface area contributed by atoms with Crippen LogP contribution in [0, 0.1) is 12.3 Å². The summed E-state index contributed by atoms with van der Waals surface area (Å²) in [6.07, 6.45) is 4.28. The highest BCUT2D eigenvalue weighted by Crippen LogP contribution is 2.41. The van der Waals surface area contributed by atoms with Gasteiger partial charge in [-0.15, -0.1) is 0 Å². The van der Waals surface area contributed by atoms with Crippen LogP contribution in [0.2, 0.25) is 0 Å². The molecule has 108 valence electrons. The third-order valence-corrected chi connectivity index (χ3v) is 4.01. The summed E-state index contributed by atoms with van der Waals surface area (Å²) in [6.45, 7) is 7.03. The number of fused-ring (bicyclic) bond motifs is 1. The average Bonchev–Trinajstić information content (AvgIpc) is 2.92. The third-order valence-electron chi connectivity index (χ3n) is 4.01. The maximum atomic E-state index is 10.2. The zero-order valence-corrected chi connectivity index (χ0v) is 12.3. The minimum Gasteiger partial charge on any atom is -0.388 e. The van der Waals surface area contributed by atoms with Crippen LogP contribution in [0.5, 0.6) is 0 Å². The summed E-state index contributed by atoms with van der Waals surface area (Å²) in [6, 6.07) is 2.04. The van der Waals surface area contributed by atoms with Crippen molar-refractivity contribution in [3.05, 3.63) is 35.2 Å². The molecule has 0 bridgehead atoms. The quantitative estimate of drug-likeness (QED) is 0.934. The van der Waals surface area contributed by atoms with E-state index in [0.29, 0.717) is 5.89 Å². The first-order valence-corrected chi connectivity index (χ1v) is 7.10. The van der Waals surface area contributed by atoms with E-state index in [1.54, 1.807) is 6.92 Å². The summed E-state index contributed by atoms with van der Waals surface area (Å²) in [7, 11) is 0. The van der Waals surface area contributed by atoms with Crippen LogP contribution in [0.4, 0.5) is 0 Å². The van der Waals surface area contributed by atoms with Crippen molar-refractivity contribution in [3.63, 3.8) is 0 Å². The summed E-state index contributed by atoms with van der Waals surface area (Å²) in [5.41, 5.74) is 2.47. The molecular weight excluding hydrogens is 254 g/mol. The van der Waals surface area contributed by atoms with Gasteiger partial charge in [0.1, 0.15) is 0 Å². The monoisotopic (exact) mass is 275 g/mol. The normalized spacial score (nSPS) is 20.9. The van der Waals surface area contributed by atoms with Gasteiger partial charge in [0, 0.05) is 37.3 Å². The summed E-state index contributed by atoms with van der Waals surface area (Å²) in [5.74, 6) is 1.34. The van der Waals surface area contributed by atoms with Gasteiger partial charge in [-0.05, 0) is 24.3 Å². The zero-order chi connectivity index (χ0) is 14.3. The van der Waals surface area contributed by atoms with Gasteiger partial charge in [0.05, 0.1) is 6.10 Å². The molecule has 1 aliphatic rings. The van der Waals surface area contributed by atoms with Gasteiger partial charge in [-0.3, -0.25) is 0 Å². The lowest BCUT2D eigenvalue weighted by Gasteiger charge is -2.33. The molecule has 0 radical (unpaired) electrons. The highest BCUT2D eigenvalue weighted by atomic mass is 16.5. The van der Waals surface area contributed by atoms with E-state index in [9.17, 15) is 5.11 Å². The van der Waals surface area contributed by atoms with Crippen LogP contribution in [0.3, 0.4) is 0 Å². The predicted octanol–water partition coefficient (Wildman–Crippen LogP) is 2.43. The van der Waals surface area contributed by atoms with Gasteiger partial charge in [0.15, 0.2) is 5.82 Å². The Morgan fingerprint density at radius 1 is 1.50 bits per heavy atom. The van der Waals surface area contributed by atoms with Crippen LogP contribution in [-0.2, 0) is 19.4 Å². The number of rotatable bonds is 3. The van der Waals surface area contributed by atoms with Crippen LogP contribution >= 0.6 is 0 Å². The molecule has 1 N–H and O–H groups in total. The summed E-state index contributed by atoms with van der Waals surface area (Å²) >= 11 is 0. The topological polar surface area (TPSA) is 64.1 Å². The Morgan fingerprint density at radius 3 is 3.00 bits per heavy atom. The Balaban J connectivity index is 1.78. The number of nitrogens with zero attached hydrogens (tertiary/aromatic N) is 3. The molecule has 1 unspecified atom stereocenters. The number of aromatic nitrogens is 3. The lowest BCUT2D eigenvalue weighted by molar-refractivity contribution is 0.0979. The van der Waals surface area contributed by atoms with Crippen LogP contribution < -0.4 is 0 Å². The first-order valence-electron chi connectivity index (χ1n) is 7.10. The molecule has 1 atom stereocenters. The number of hydrogen-bond acceptors (Lipinski definition) is 4. The van der Waals surface area contributed by atoms with Gasteiger partial charge >= 0.3 is 0 Å². The van der Waals surface area contributed by atoms with Crippen LogP contribution in [-0.4, -0.2) is 19.8 Å². The van der Waals surface area contributed by atoms with Crippen LogP contribution in [0.1, 0.15) is 49.3 Å². The fourth-order valence-electron chi connectivity index (χ4n) is 3.06. The summed E-state index contributed by atoms with van der Waals surface area (Å²) in [4.78, 5) is 4.23. The number of aliphatic hydroxyl groups excluding tert-OH is 1. The van der Waals surface area contributed by atoms with Gasteiger partial charge in [-0.1, -0.05) is 19.0 Å². The van der Waals surface area contributed by atoms with Crippen molar-refractivity contribution in [2.75, 3.05) is 0 Å². The first kappa shape index (κ1) is 13.4. The largest absolute Gasteiger partial charge is 0.388 e. The van der Waals surface area contributed by atoms with E-state index < -0.39 is 0 Å². The van der Waals surface area contributed by atoms with Crippen molar-refractivity contribution in [2.45, 2.75) is 52.7 Å². The van der Waals surface area contributed by atoms with Crippen LogP contribution in [0.15, 0.2) is 16.8 Å². The lowest BCUT2D eigenvalue weighted by atomic mass is 9.75. The highest BCUT2D eigenvalue weighted by molar-refractivity contribution is 5.29. The van der Waals surface area contributed by atoms with Gasteiger partial charge < -0.3 is 14.2 Å². The molecule has 5 nitrogen and oxygen atoms in total. The molecular formula is C15H21N3O2. The predicted molar refractivity (Wildman–Crippen MR) is 74.2 cm³/mol. The number of aliphatic hydroxyl groups is 1. The van der Waals surface area contributed by atoms with E-state index in [-0.39, 0.29) is 11.5 Å². The van der Waals surface area contributed by atoms with E-state index in [4.69, 9.17) is 4.52 Å². The van der Waals surface area contributed by atoms with Gasteiger partial charge in [0.25, 0.3) is 0 Å². The van der Waals surface area contributed by atoms with Crippen molar-refractivity contribution in [3.8, 4) is 0 Å². The Hall–Kier alpha value is -1.62. The molecule has 20 heavy (non-hydrogen) atoms. The molecule has 0 aromatic carbocycles. The minimum atomic E-state index is -0.345. The van der Waals surface area contributed by atoms with Gasteiger partial charge in [-0.2, -0.15) is 4.98 Å². The van der Waals surface area contributed by atoms with E-state index in [2.05, 4.69) is 34.8 Å². The number of aryl methyl sites for hydroxylation is 3. The Morgan fingerprint density at radius 2 is 2.30 bits per heavy atom. The summed E-state index contributed by atoms with van der Waals surface area (Å²) < 4.78 is 7.20. The maximum Gasteiger partial charge on any atom is 0.223 e. The zero-order valence-electron chi connectivity index (χ0n) is 12.3. The fourth-order valence-corrected chi connectivity index (χ4v) is 3.06. The Bertz CT molecular complexity index is 612. The van der Waals surface area contributed by atoms with Crippen molar-refractivity contribution in [1.82, 2.24) is 14.7 Å². The molecule has 0 saturated heterocycles. The maximum absolute atomic E-state index is 10.2. The van der Waals surface area contributed by atoms with Crippen molar-refractivity contribution in [2.24, 2.45) is 5.41 Å². The molecule has 2 aromatic heterocycles. The second-order valence-corrected chi connectivity index (χ2v) is 6.45. The smallest absolute Gasteiger partial charge is 0.223 e. The molecule has 2 heterocycles. The third kappa shape index (κ3) is 2.50. The molecule has 5 heteroatoms. The molecule has 3 rings (SSSR count). The minimum absolute atomic E-state index is 0.144. The lowest BCUT2D eigenvalue weighted by Crippen LogP contribution is -2.27. The summed E-state index contributed by atoms with van der Waals surface area (Å²) in [5, 5.41) is 14.2. The molecule has 0 saturated carbocycles. The number of hydrogen-bond donors (Lipinski definition) is 1. The standard InChI is InChI=1S/C15H21N3O2/c1-10-16-14(17-20-10)5-7-18-6-4-11-12(18)8-15(2,3)9-13(11)19/h4,6,13,19H,5,7-9H2,1-3H3. The molecule has 1 aliphatic carbocycles. The Kier molecular flexibility index (Phi) is 3.17. The molecule has 2 aromatic rings. The fraction of sp³-hybridized carbons (Fsp3) is 0.600. The van der Waals surface area contributed by atoms with Crippen LogP contribution in [0.25, 0.3) is 0 Å². The van der Waals surface area contributed by atoms with Crippen molar-refractivity contribution >= 4 is 0 Å². The van der Waals surface area contributed by atoms with E-state index >= 15 is 0 Å². The molecule has 0 spiro atoms. The van der Waals surface area contributed by atoms with Gasteiger partial charge in [0.2, 0.25) is 5.89 Å². The van der Waals surface area contributed by atoms with Crippen molar-refractivity contribution in [1.29, 1.82) is 0 Å². The second kappa shape index (κ2) is 4.74. The molecule has 0 amide bonds. The Labute approximate surface area is 118 Å². The van der Waals surface area contributed by atoms with E-state index in [1.165, 1.54) is 5.69 Å². The molecule has 0 aliphatic heterocycles. The SMILES string of the molecule is Cc1nc(CCn2ccc3c2CC(C)(C)CC3O)no1.